The molecule has 0 aliphatic heterocycles. The Balaban J connectivity index is 3.09. The molecule has 1 aromatic heterocycles. The van der Waals surface area contributed by atoms with Gasteiger partial charge in [-0.2, -0.15) is 0 Å². The molecule has 0 aromatic carbocycles. The van der Waals surface area contributed by atoms with Crippen molar-refractivity contribution in [2.24, 2.45) is 5.73 Å². The smallest absolute Gasteiger partial charge is 0.103 e. The van der Waals surface area contributed by atoms with Crippen LogP contribution in [0.4, 0.5) is 0 Å². The maximum absolute atomic E-state index is 5.89. The standard InChI is InChI=1S/C9H14N2S/c1-3-8(10)7-5-11-9(12)4-6(7)2/h4-5,8H,3,10H2,1-2H3,(H,11,12)/t8-/m1/s1. The van der Waals surface area contributed by atoms with Gasteiger partial charge in [-0.25, -0.2) is 0 Å². The molecule has 1 atom stereocenters. The number of aromatic nitrogens is 1. The summed E-state index contributed by atoms with van der Waals surface area (Å²) < 4.78 is 0.763. The van der Waals surface area contributed by atoms with E-state index in [1.54, 1.807) is 0 Å². The maximum atomic E-state index is 5.89. The van der Waals surface area contributed by atoms with E-state index in [0.717, 1.165) is 16.6 Å². The van der Waals surface area contributed by atoms with Gasteiger partial charge < -0.3 is 10.7 Å². The fourth-order valence-electron chi connectivity index (χ4n) is 1.20. The molecule has 3 heteroatoms. The Kier molecular flexibility index (Phi) is 3.00. The van der Waals surface area contributed by atoms with Gasteiger partial charge in [0.2, 0.25) is 0 Å². The van der Waals surface area contributed by atoms with Crippen molar-refractivity contribution in [3.8, 4) is 0 Å². The minimum absolute atomic E-state index is 0.122. The van der Waals surface area contributed by atoms with Gasteiger partial charge in [0.1, 0.15) is 4.64 Å². The summed E-state index contributed by atoms with van der Waals surface area (Å²) in [5.74, 6) is 0. The third kappa shape index (κ3) is 1.93. The van der Waals surface area contributed by atoms with Crippen LogP contribution in [0.1, 0.15) is 30.5 Å². The van der Waals surface area contributed by atoms with Gasteiger partial charge in [-0.05, 0) is 30.5 Å². The normalized spacial score (nSPS) is 12.9. The molecule has 0 aliphatic rings. The molecule has 2 nitrogen and oxygen atoms in total. The van der Waals surface area contributed by atoms with Crippen LogP contribution < -0.4 is 5.73 Å². The van der Waals surface area contributed by atoms with Gasteiger partial charge in [0.25, 0.3) is 0 Å². The molecule has 0 amide bonds. The first-order valence-electron chi connectivity index (χ1n) is 4.10. The van der Waals surface area contributed by atoms with Crippen molar-refractivity contribution >= 4 is 12.2 Å². The zero-order valence-corrected chi connectivity index (χ0v) is 8.24. The lowest BCUT2D eigenvalue weighted by Gasteiger charge is -2.11. The van der Waals surface area contributed by atoms with Crippen molar-refractivity contribution < 1.29 is 0 Å². The summed E-state index contributed by atoms with van der Waals surface area (Å²) in [6, 6.07) is 2.07. The predicted octanol–water partition coefficient (Wildman–Crippen LogP) is 2.46. The van der Waals surface area contributed by atoms with Crippen LogP contribution in [-0.2, 0) is 0 Å². The summed E-state index contributed by atoms with van der Waals surface area (Å²) in [6.07, 6.45) is 2.86. The first-order valence-corrected chi connectivity index (χ1v) is 4.50. The number of aryl methyl sites for hydroxylation is 1. The number of rotatable bonds is 2. The van der Waals surface area contributed by atoms with Crippen LogP contribution in [0.3, 0.4) is 0 Å². The molecule has 0 spiro atoms. The predicted molar refractivity (Wildman–Crippen MR) is 53.6 cm³/mol. The molecule has 0 radical (unpaired) electrons. The first kappa shape index (κ1) is 9.42. The second-order valence-electron chi connectivity index (χ2n) is 2.95. The Morgan fingerprint density at radius 2 is 2.33 bits per heavy atom. The van der Waals surface area contributed by atoms with E-state index in [0.29, 0.717) is 0 Å². The van der Waals surface area contributed by atoms with Crippen LogP contribution in [0.2, 0.25) is 0 Å². The van der Waals surface area contributed by atoms with Gasteiger partial charge in [-0.15, -0.1) is 0 Å². The second kappa shape index (κ2) is 3.83. The Morgan fingerprint density at radius 1 is 1.67 bits per heavy atom. The van der Waals surface area contributed by atoms with E-state index in [-0.39, 0.29) is 6.04 Å². The van der Waals surface area contributed by atoms with E-state index in [2.05, 4.69) is 11.9 Å². The number of aromatic amines is 1. The average Bonchev–Trinajstić information content (AvgIpc) is 2.03. The number of nitrogens with one attached hydrogen (secondary N) is 1. The number of H-pyrrole nitrogens is 1. The lowest BCUT2D eigenvalue weighted by Crippen LogP contribution is -2.10. The van der Waals surface area contributed by atoms with Crippen LogP contribution in [0.5, 0.6) is 0 Å². The van der Waals surface area contributed by atoms with Crippen molar-refractivity contribution in [3.63, 3.8) is 0 Å². The van der Waals surface area contributed by atoms with Crippen LogP contribution in [0.15, 0.2) is 12.3 Å². The summed E-state index contributed by atoms with van der Waals surface area (Å²) in [6.45, 7) is 4.11. The molecule has 66 valence electrons. The van der Waals surface area contributed by atoms with Crippen LogP contribution in [0, 0.1) is 11.6 Å². The Bertz CT molecular complexity index is 317. The Morgan fingerprint density at radius 3 is 2.83 bits per heavy atom. The van der Waals surface area contributed by atoms with E-state index in [9.17, 15) is 0 Å². The van der Waals surface area contributed by atoms with Crippen LogP contribution >= 0.6 is 12.2 Å². The van der Waals surface area contributed by atoms with Gasteiger partial charge >= 0.3 is 0 Å². The second-order valence-corrected chi connectivity index (χ2v) is 3.39. The zero-order chi connectivity index (χ0) is 9.14. The van der Waals surface area contributed by atoms with E-state index in [1.807, 2.05) is 19.2 Å². The molecule has 0 fully saturated rings. The molecular formula is C9H14N2S. The quantitative estimate of drug-likeness (QED) is 0.690. The summed E-state index contributed by atoms with van der Waals surface area (Å²) in [4.78, 5) is 2.99. The highest BCUT2D eigenvalue weighted by atomic mass is 32.1. The molecular weight excluding hydrogens is 168 g/mol. The lowest BCUT2D eigenvalue weighted by molar-refractivity contribution is 0.690. The minimum atomic E-state index is 0.122. The van der Waals surface area contributed by atoms with Crippen molar-refractivity contribution in [2.75, 3.05) is 0 Å². The average molecular weight is 182 g/mol. The van der Waals surface area contributed by atoms with E-state index in [1.165, 1.54) is 5.56 Å². The minimum Gasteiger partial charge on any atom is -0.353 e. The van der Waals surface area contributed by atoms with Gasteiger partial charge in [0, 0.05) is 12.2 Å². The monoisotopic (exact) mass is 182 g/mol. The van der Waals surface area contributed by atoms with Crippen molar-refractivity contribution in [1.29, 1.82) is 0 Å². The fourth-order valence-corrected chi connectivity index (χ4v) is 1.44. The van der Waals surface area contributed by atoms with E-state index < -0.39 is 0 Å². The molecule has 0 aliphatic carbocycles. The highest BCUT2D eigenvalue weighted by molar-refractivity contribution is 7.71. The molecule has 1 heterocycles. The number of hydrogen-bond donors (Lipinski definition) is 2. The SMILES string of the molecule is CC[C@@H](N)c1c[nH]c(=S)cc1C. The molecule has 0 saturated carbocycles. The largest absolute Gasteiger partial charge is 0.353 e. The number of nitrogens with two attached hydrogens (primary N) is 1. The lowest BCUT2D eigenvalue weighted by atomic mass is 10.0. The molecule has 3 N–H and O–H groups in total. The Labute approximate surface area is 77.8 Å². The van der Waals surface area contributed by atoms with Gasteiger partial charge in [0.05, 0.1) is 0 Å². The van der Waals surface area contributed by atoms with Crippen LogP contribution in [-0.4, -0.2) is 4.98 Å². The zero-order valence-electron chi connectivity index (χ0n) is 7.42. The summed E-state index contributed by atoms with van der Waals surface area (Å²) >= 11 is 4.99. The third-order valence-corrected chi connectivity index (χ3v) is 2.25. The first-order chi connectivity index (χ1) is 5.65. The van der Waals surface area contributed by atoms with Crippen molar-refractivity contribution in [1.82, 2.24) is 4.98 Å². The third-order valence-electron chi connectivity index (χ3n) is 2.01. The molecule has 12 heavy (non-hydrogen) atoms. The summed E-state index contributed by atoms with van der Waals surface area (Å²) in [7, 11) is 0. The number of pyridine rings is 1. The van der Waals surface area contributed by atoms with Crippen LogP contribution in [0.25, 0.3) is 0 Å². The molecule has 1 aromatic rings. The van der Waals surface area contributed by atoms with Crippen molar-refractivity contribution in [2.45, 2.75) is 26.3 Å². The fraction of sp³-hybridized carbons (Fsp3) is 0.444. The van der Waals surface area contributed by atoms with Gasteiger partial charge in [0.15, 0.2) is 0 Å². The van der Waals surface area contributed by atoms with Crippen molar-refractivity contribution in [3.05, 3.63) is 28.0 Å². The highest BCUT2D eigenvalue weighted by Crippen LogP contribution is 2.16. The van der Waals surface area contributed by atoms with E-state index in [4.69, 9.17) is 18.0 Å². The van der Waals surface area contributed by atoms with E-state index >= 15 is 0 Å². The maximum Gasteiger partial charge on any atom is 0.103 e. The highest BCUT2D eigenvalue weighted by Gasteiger charge is 2.05. The topological polar surface area (TPSA) is 41.8 Å². The molecule has 1 rings (SSSR count). The Hall–Kier alpha value is -0.670. The molecule has 0 unspecified atom stereocenters. The summed E-state index contributed by atoms with van der Waals surface area (Å²) in [5.41, 5.74) is 8.22. The van der Waals surface area contributed by atoms with Gasteiger partial charge in [-0.1, -0.05) is 19.1 Å². The molecule has 0 bridgehead atoms. The molecule has 0 saturated heterocycles. The van der Waals surface area contributed by atoms with Gasteiger partial charge in [-0.3, -0.25) is 0 Å². The summed E-state index contributed by atoms with van der Waals surface area (Å²) in [5, 5.41) is 0. The number of hydrogen-bond acceptors (Lipinski definition) is 2.